The molecule has 54 valence electrons. The Hall–Kier alpha value is -0.0800. The summed E-state index contributed by atoms with van der Waals surface area (Å²) < 4.78 is 0. The molecule has 2 N–H and O–H groups in total. The lowest BCUT2D eigenvalue weighted by Gasteiger charge is -2.04. The third-order valence-corrected chi connectivity index (χ3v) is 1.91. The molecule has 0 radical (unpaired) electrons. The van der Waals surface area contributed by atoms with Crippen LogP contribution in [0, 0.1) is 0 Å². The summed E-state index contributed by atoms with van der Waals surface area (Å²) in [5.41, 5.74) is 0. The molecular formula is C7H14O2. The maximum atomic E-state index is 9.10. The van der Waals surface area contributed by atoms with Crippen molar-refractivity contribution in [3.8, 4) is 0 Å². The number of aliphatic hydroxyl groups is 2. The fourth-order valence-electron chi connectivity index (χ4n) is 1.26. The number of rotatable bonds is 0. The van der Waals surface area contributed by atoms with E-state index in [9.17, 15) is 0 Å². The molecular weight excluding hydrogens is 116 g/mol. The Morgan fingerprint density at radius 3 is 1.67 bits per heavy atom. The first-order valence-corrected chi connectivity index (χ1v) is 3.65. The standard InChI is InChI=1S/C7H14O2/c8-6-2-1-3-7(9)5-4-6/h6-9H,1-5H2. The Morgan fingerprint density at radius 2 is 1.22 bits per heavy atom. The van der Waals surface area contributed by atoms with E-state index >= 15 is 0 Å². The Balaban J connectivity index is 2.25. The molecule has 0 aliphatic heterocycles. The summed E-state index contributed by atoms with van der Waals surface area (Å²) in [4.78, 5) is 0. The van der Waals surface area contributed by atoms with E-state index in [1.165, 1.54) is 0 Å². The lowest BCUT2D eigenvalue weighted by molar-refractivity contribution is 0.133. The van der Waals surface area contributed by atoms with Crippen molar-refractivity contribution in [1.82, 2.24) is 0 Å². The van der Waals surface area contributed by atoms with Gasteiger partial charge in [0.25, 0.3) is 0 Å². The molecule has 0 aromatic carbocycles. The molecule has 2 unspecified atom stereocenters. The van der Waals surface area contributed by atoms with Gasteiger partial charge in [0.1, 0.15) is 0 Å². The van der Waals surface area contributed by atoms with Gasteiger partial charge in [-0.2, -0.15) is 0 Å². The molecule has 0 spiro atoms. The molecule has 2 heteroatoms. The zero-order valence-corrected chi connectivity index (χ0v) is 5.58. The third kappa shape index (κ3) is 2.33. The molecule has 9 heavy (non-hydrogen) atoms. The Bertz CT molecular complexity index is 73.0. The van der Waals surface area contributed by atoms with Crippen LogP contribution in [0.5, 0.6) is 0 Å². The van der Waals surface area contributed by atoms with Crippen molar-refractivity contribution in [2.75, 3.05) is 0 Å². The van der Waals surface area contributed by atoms with Crippen molar-refractivity contribution in [2.45, 2.75) is 44.3 Å². The van der Waals surface area contributed by atoms with E-state index in [0.29, 0.717) is 0 Å². The summed E-state index contributed by atoms with van der Waals surface area (Å²) in [5, 5.41) is 18.2. The van der Waals surface area contributed by atoms with Gasteiger partial charge in [-0.25, -0.2) is 0 Å². The van der Waals surface area contributed by atoms with E-state index in [-0.39, 0.29) is 12.2 Å². The molecule has 0 heterocycles. The van der Waals surface area contributed by atoms with Gasteiger partial charge in [0.15, 0.2) is 0 Å². The van der Waals surface area contributed by atoms with E-state index in [2.05, 4.69) is 0 Å². The van der Waals surface area contributed by atoms with Crippen molar-refractivity contribution in [2.24, 2.45) is 0 Å². The van der Waals surface area contributed by atoms with Crippen LogP contribution in [0.2, 0.25) is 0 Å². The monoisotopic (exact) mass is 130 g/mol. The van der Waals surface area contributed by atoms with E-state index in [4.69, 9.17) is 10.2 Å². The lowest BCUT2D eigenvalue weighted by atomic mass is 10.1. The SMILES string of the molecule is OC1CCCC(O)CC1. The van der Waals surface area contributed by atoms with Gasteiger partial charge >= 0.3 is 0 Å². The molecule has 1 fully saturated rings. The molecule has 1 aliphatic carbocycles. The number of hydrogen-bond donors (Lipinski definition) is 2. The van der Waals surface area contributed by atoms with Gasteiger partial charge in [0, 0.05) is 0 Å². The van der Waals surface area contributed by atoms with Crippen molar-refractivity contribution < 1.29 is 10.2 Å². The topological polar surface area (TPSA) is 40.5 Å². The van der Waals surface area contributed by atoms with Crippen LogP contribution in [0.4, 0.5) is 0 Å². The summed E-state index contributed by atoms with van der Waals surface area (Å²) in [7, 11) is 0. The third-order valence-electron chi connectivity index (χ3n) is 1.91. The molecule has 0 saturated heterocycles. The summed E-state index contributed by atoms with van der Waals surface area (Å²) >= 11 is 0. The normalized spacial score (nSPS) is 38.0. The number of aliphatic hydroxyl groups excluding tert-OH is 2. The molecule has 0 aromatic heterocycles. The van der Waals surface area contributed by atoms with Crippen molar-refractivity contribution in [3.63, 3.8) is 0 Å². The molecule has 1 aliphatic rings. The second-order valence-electron chi connectivity index (χ2n) is 2.82. The van der Waals surface area contributed by atoms with Gasteiger partial charge in [-0.05, 0) is 32.1 Å². The first-order chi connectivity index (χ1) is 4.29. The first kappa shape index (κ1) is 7.03. The lowest BCUT2D eigenvalue weighted by Crippen LogP contribution is -2.06. The average molecular weight is 130 g/mol. The minimum atomic E-state index is -0.151. The van der Waals surface area contributed by atoms with Crippen LogP contribution >= 0.6 is 0 Å². The zero-order chi connectivity index (χ0) is 6.69. The van der Waals surface area contributed by atoms with Crippen molar-refractivity contribution >= 4 is 0 Å². The van der Waals surface area contributed by atoms with Gasteiger partial charge in [0.2, 0.25) is 0 Å². The largest absolute Gasteiger partial charge is 0.393 e. The molecule has 0 aromatic rings. The highest BCUT2D eigenvalue weighted by Crippen LogP contribution is 2.17. The smallest absolute Gasteiger partial charge is 0.0541 e. The van der Waals surface area contributed by atoms with Gasteiger partial charge in [-0.1, -0.05) is 0 Å². The predicted octanol–water partition coefficient (Wildman–Crippen LogP) is 0.672. The van der Waals surface area contributed by atoms with Crippen LogP contribution in [0.25, 0.3) is 0 Å². The molecule has 2 nitrogen and oxygen atoms in total. The fourth-order valence-corrected chi connectivity index (χ4v) is 1.26. The predicted molar refractivity (Wildman–Crippen MR) is 35.1 cm³/mol. The Morgan fingerprint density at radius 1 is 0.778 bits per heavy atom. The minimum Gasteiger partial charge on any atom is -0.393 e. The molecule has 0 amide bonds. The highest BCUT2D eigenvalue weighted by Gasteiger charge is 2.13. The summed E-state index contributed by atoms with van der Waals surface area (Å²) in [5.74, 6) is 0. The maximum Gasteiger partial charge on any atom is 0.0541 e. The molecule has 0 bridgehead atoms. The molecule has 1 saturated carbocycles. The van der Waals surface area contributed by atoms with E-state index in [1.54, 1.807) is 0 Å². The summed E-state index contributed by atoms with van der Waals surface area (Å²) in [6.07, 6.45) is 3.97. The average Bonchev–Trinajstić information content (AvgIpc) is 1.97. The maximum absolute atomic E-state index is 9.10. The fraction of sp³-hybridized carbons (Fsp3) is 1.00. The first-order valence-electron chi connectivity index (χ1n) is 3.65. The van der Waals surface area contributed by atoms with Crippen molar-refractivity contribution in [1.29, 1.82) is 0 Å². The van der Waals surface area contributed by atoms with Crippen LogP contribution in [0.1, 0.15) is 32.1 Å². The highest BCUT2D eigenvalue weighted by molar-refractivity contribution is 4.67. The Labute approximate surface area is 55.5 Å². The van der Waals surface area contributed by atoms with E-state index < -0.39 is 0 Å². The van der Waals surface area contributed by atoms with Crippen molar-refractivity contribution in [3.05, 3.63) is 0 Å². The van der Waals surface area contributed by atoms with Crippen LogP contribution < -0.4 is 0 Å². The quantitative estimate of drug-likeness (QED) is 0.473. The number of hydrogen-bond acceptors (Lipinski definition) is 2. The minimum absolute atomic E-state index is 0.151. The summed E-state index contributed by atoms with van der Waals surface area (Å²) in [6, 6.07) is 0. The van der Waals surface area contributed by atoms with Gasteiger partial charge < -0.3 is 10.2 Å². The van der Waals surface area contributed by atoms with Crippen LogP contribution in [0.15, 0.2) is 0 Å². The molecule has 1 rings (SSSR count). The van der Waals surface area contributed by atoms with Gasteiger partial charge in [-0.3, -0.25) is 0 Å². The van der Waals surface area contributed by atoms with Gasteiger partial charge in [-0.15, -0.1) is 0 Å². The highest BCUT2D eigenvalue weighted by atomic mass is 16.3. The van der Waals surface area contributed by atoms with Crippen LogP contribution in [0.3, 0.4) is 0 Å². The van der Waals surface area contributed by atoms with E-state index in [1.807, 2.05) is 0 Å². The summed E-state index contributed by atoms with van der Waals surface area (Å²) in [6.45, 7) is 0. The molecule has 2 atom stereocenters. The second-order valence-corrected chi connectivity index (χ2v) is 2.82. The second kappa shape index (κ2) is 3.18. The van der Waals surface area contributed by atoms with Gasteiger partial charge in [0.05, 0.1) is 12.2 Å². The van der Waals surface area contributed by atoms with Crippen LogP contribution in [-0.4, -0.2) is 22.4 Å². The zero-order valence-electron chi connectivity index (χ0n) is 5.58. The van der Waals surface area contributed by atoms with E-state index in [0.717, 1.165) is 32.1 Å². The Kier molecular flexibility index (Phi) is 2.49. The van der Waals surface area contributed by atoms with Crippen LogP contribution in [-0.2, 0) is 0 Å².